The fourth-order valence-electron chi connectivity index (χ4n) is 3.96. The molecule has 0 saturated carbocycles. The molecule has 0 aliphatic carbocycles. The normalized spacial score (nSPS) is 11.4. The Morgan fingerprint density at radius 1 is 0.692 bits per heavy atom. The van der Waals surface area contributed by atoms with Gasteiger partial charge in [-0.05, 0) is 29.2 Å². The molecule has 0 heterocycles. The lowest BCUT2D eigenvalue weighted by atomic mass is 10.1. The van der Waals surface area contributed by atoms with E-state index in [9.17, 15) is 9.90 Å². The number of rotatable bonds is 14. The summed E-state index contributed by atoms with van der Waals surface area (Å²) >= 11 is 0. The molecule has 4 rings (SSSR count). The van der Waals surface area contributed by atoms with Crippen LogP contribution in [0.2, 0.25) is 0 Å². The summed E-state index contributed by atoms with van der Waals surface area (Å²) in [5.74, 6) is 1.05. The molecule has 0 aliphatic heterocycles. The molecule has 1 atom stereocenters. The van der Waals surface area contributed by atoms with Crippen LogP contribution in [0.1, 0.15) is 29.2 Å². The average molecular weight is 526 g/mol. The smallest absolute Gasteiger partial charge is 0.225 e. The van der Waals surface area contributed by atoms with Gasteiger partial charge in [0.2, 0.25) is 11.7 Å². The highest BCUT2D eigenvalue weighted by molar-refractivity contribution is 5.78. The van der Waals surface area contributed by atoms with E-state index in [1.165, 1.54) is 0 Å². The molecule has 0 aliphatic rings. The Kier molecular flexibility index (Phi) is 10.4. The summed E-state index contributed by atoms with van der Waals surface area (Å²) in [5, 5.41) is 12.2. The number of aliphatic hydroxyl groups excluding tert-OH is 1. The third-order valence-corrected chi connectivity index (χ3v) is 6.26. The average Bonchev–Trinajstić information content (AvgIpc) is 2.99. The van der Waals surface area contributed by atoms with E-state index in [1.54, 1.807) is 6.92 Å². The van der Waals surface area contributed by atoms with Crippen LogP contribution in [0.3, 0.4) is 0 Å². The minimum atomic E-state index is -0.461. The van der Waals surface area contributed by atoms with E-state index in [0.717, 1.165) is 22.3 Å². The Labute approximate surface area is 230 Å². The molecule has 6 heteroatoms. The van der Waals surface area contributed by atoms with E-state index >= 15 is 0 Å². The number of hydrogen-bond acceptors (Lipinski definition) is 5. The van der Waals surface area contributed by atoms with Crippen LogP contribution in [0.25, 0.3) is 0 Å². The Morgan fingerprint density at radius 2 is 1.18 bits per heavy atom. The van der Waals surface area contributed by atoms with Crippen LogP contribution >= 0.6 is 0 Å². The van der Waals surface area contributed by atoms with Crippen LogP contribution in [0.4, 0.5) is 0 Å². The van der Waals surface area contributed by atoms with Crippen molar-refractivity contribution in [2.75, 3.05) is 13.2 Å². The van der Waals surface area contributed by atoms with E-state index in [-0.39, 0.29) is 12.5 Å². The minimum absolute atomic E-state index is 0.187. The van der Waals surface area contributed by atoms with Crippen molar-refractivity contribution in [3.05, 3.63) is 125 Å². The number of ether oxygens (including phenoxy) is 3. The first-order valence-electron chi connectivity index (χ1n) is 13.2. The Morgan fingerprint density at radius 3 is 1.69 bits per heavy atom. The molecule has 4 aromatic rings. The molecule has 0 radical (unpaired) electrons. The Balaban J connectivity index is 1.63. The van der Waals surface area contributed by atoms with Crippen LogP contribution < -0.4 is 19.5 Å². The number of aliphatic hydroxyl groups is 1. The van der Waals surface area contributed by atoms with Gasteiger partial charge in [-0.2, -0.15) is 0 Å². The van der Waals surface area contributed by atoms with Crippen LogP contribution in [-0.4, -0.2) is 24.2 Å². The molecule has 2 N–H and O–H groups in total. The van der Waals surface area contributed by atoms with Crippen molar-refractivity contribution in [3.63, 3.8) is 0 Å². The van der Waals surface area contributed by atoms with E-state index in [1.807, 2.05) is 103 Å². The second-order valence-electron chi connectivity index (χ2n) is 9.33. The minimum Gasteiger partial charge on any atom is -0.485 e. The van der Waals surface area contributed by atoms with Gasteiger partial charge < -0.3 is 24.6 Å². The van der Waals surface area contributed by atoms with E-state index in [2.05, 4.69) is 5.32 Å². The summed E-state index contributed by atoms with van der Waals surface area (Å²) in [7, 11) is 0. The lowest BCUT2D eigenvalue weighted by molar-refractivity contribution is -0.125. The van der Waals surface area contributed by atoms with Crippen LogP contribution in [-0.2, 0) is 31.0 Å². The molecular formula is C33H35NO5. The predicted octanol–water partition coefficient (Wildman–Crippen LogP) is 5.71. The zero-order valence-corrected chi connectivity index (χ0v) is 22.2. The molecule has 0 spiro atoms. The van der Waals surface area contributed by atoms with Crippen molar-refractivity contribution >= 4 is 5.91 Å². The summed E-state index contributed by atoms with van der Waals surface area (Å²) < 4.78 is 19.0. The van der Waals surface area contributed by atoms with Gasteiger partial charge in [-0.25, -0.2) is 0 Å². The van der Waals surface area contributed by atoms with Gasteiger partial charge >= 0.3 is 0 Å². The van der Waals surface area contributed by atoms with Gasteiger partial charge in [-0.1, -0.05) is 104 Å². The molecule has 0 bridgehead atoms. The standard InChI is InChI=1S/C33H35NO5/c1-25(21-35)33(36)34-20-19-29-17-18-30(37-22-26-11-5-2-6-12-26)32(39-24-28-15-9-4-10-16-28)31(29)38-23-27-13-7-3-8-14-27/h2-18,25,35H,19-24H2,1H3,(H,34,36)/t25-/m0/s1. The second-order valence-corrected chi connectivity index (χ2v) is 9.33. The zero-order valence-electron chi connectivity index (χ0n) is 22.2. The van der Waals surface area contributed by atoms with Crippen molar-refractivity contribution in [2.24, 2.45) is 5.92 Å². The lowest BCUT2D eigenvalue weighted by Gasteiger charge is -2.20. The fraction of sp³-hybridized carbons (Fsp3) is 0.242. The van der Waals surface area contributed by atoms with Crippen molar-refractivity contribution in [1.82, 2.24) is 5.32 Å². The highest BCUT2D eigenvalue weighted by atomic mass is 16.5. The van der Waals surface area contributed by atoms with Crippen molar-refractivity contribution in [2.45, 2.75) is 33.2 Å². The SMILES string of the molecule is C[C@@H](CO)C(=O)NCCc1ccc(OCc2ccccc2)c(OCc2ccccc2)c1OCc1ccccc1. The third-order valence-electron chi connectivity index (χ3n) is 6.26. The number of carbonyl (C=O) groups is 1. The molecule has 4 aromatic carbocycles. The number of carbonyl (C=O) groups excluding carboxylic acids is 1. The lowest BCUT2D eigenvalue weighted by Crippen LogP contribution is -2.32. The molecule has 1 amide bonds. The second kappa shape index (κ2) is 14.6. The van der Waals surface area contributed by atoms with Crippen molar-refractivity contribution in [1.29, 1.82) is 0 Å². The van der Waals surface area contributed by atoms with Gasteiger partial charge in [0.1, 0.15) is 19.8 Å². The quantitative estimate of drug-likeness (QED) is 0.221. The topological polar surface area (TPSA) is 77.0 Å². The Bertz CT molecular complexity index is 1300. The summed E-state index contributed by atoms with van der Waals surface area (Å²) in [4.78, 5) is 12.2. The maximum absolute atomic E-state index is 12.2. The molecular weight excluding hydrogens is 490 g/mol. The van der Waals surface area contributed by atoms with Gasteiger partial charge in [0.05, 0.1) is 12.5 Å². The monoisotopic (exact) mass is 525 g/mol. The molecule has 0 fully saturated rings. The summed E-state index contributed by atoms with van der Waals surface area (Å²) in [6.07, 6.45) is 0.522. The molecule has 0 unspecified atom stereocenters. The van der Waals surface area contributed by atoms with E-state index in [4.69, 9.17) is 14.2 Å². The highest BCUT2D eigenvalue weighted by Crippen LogP contribution is 2.42. The van der Waals surface area contributed by atoms with Gasteiger partial charge in [0, 0.05) is 12.1 Å². The van der Waals surface area contributed by atoms with Gasteiger partial charge in [0.15, 0.2) is 11.5 Å². The number of hydrogen-bond donors (Lipinski definition) is 2. The largest absolute Gasteiger partial charge is 0.485 e. The third kappa shape index (κ3) is 8.35. The highest BCUT2D eigenvalue weighted by Gasteiger charge is 2.20. The maximum atomic E-state index is 12.2. The summed E-state index contributed by atoms with van der Waals surface area (Å²) in [6, 6.07) is 33.7. The maximum Gasteiger partial charge on any atom is 0.225 e. The molecule has 202 valence electrons. The zero-order chi connectivity index (χ0) is 27.3. The summed E-state index contributed by atoms with van der Waals surface area (Å²) in [6.45, 7) is 2.98. The number of amides is 1. The Hall–Kier alpha value is -4.29. The van der Waals surface area contributed by atoms with E-state index in [0.29, 0.717) is 50.0 Å². The summed E-state index contributed by atoms with van der Waals surface area (Å²) in [5.41, 5.74) is 3.98. The van der Waals surface area contributed by atoms with Crippen LogP contribution in [0.5, 0.6) is 17.2 Å². The molecule has 39 heavy (non-hydrogen) atoms. The molecule has 6 nitrogen and oxygen atoms in total. The van der Waals surface area contributed by atoms with Gasteiger partial charge in [-0.3, -0.25) is 4.79 Å². The first-order chi connectivity index (χ1) is 19.1. The number of benzene rings is 4. The first kappa shape index (κ1) is 27.7. The van der Waals surface area contributed by atoms with Crippen molar-refractivity contribution < 1.29 is 24.1 Å². The van der Waals surface area contributed by atoms with Crippen molar-refractivity contribution in [3.8, 4) is 17.2 Å². The van der Waals surface area contributed by atoms with Gasteiger partial charge in [0.25, 0.3) is 0 Å². The van der Waals surface area contributed by atoms with Crippen LogP contribution in [0.15, 0.2) is 103 Å². The fourth-order valence-corrected chi connectivity index (χ4v) is 3.96. The first-order valence-corrected chi connectivity index (χ1v) is 13.2. The molecule has 0 saturated heterocycles. The van der Waals surface area contributed by atoms with E-state index < -0.39 is 5.92 Å². The predicted molar refractivity (Wildman–Crippen MR) is 152 cm³/mol. The van der Waals surface area contributed by atoms with Gasteiger partial charge in [-0.15, -0.1) is 0 Å². The number of nitrogens with one attached hydrogen (secondary N) is 1. The molecule has 0 aromatic heterocycles. The van der Waals surface area contributed by atoms with Crippen LogP contribution in [0, 0.1) is 5.92 Å².